The van der Waals surface area contributed by atoms with E-state index in [0.29, 0.717) is 5.75 Å². The third kappa shape index (κ3) is 1.89. The predicted octanol–water partition coefficient (Wildman–Crippen LogP) is 1.17. The number of aliphatic hydroxyl groups excluding tert-OH is 1. The molecule has 17 heavy (non-hydrogen) atoms. The molecule has 0 fully saturated rings. The van der Waals surface area contributed by atoms with E-state index in [0.717, 1.165) is 12.1 Å². The van der Waals surface area contributed by atoms with E-state index in [2.05, 4.69) is 0 Å². The first-order valence-corrected chi connectivity index (χ1v) is 4.61. The number of fused-ring (bicyclic) bond motifs is 1. The summed E-state index contributed by atoms with van der Waals surface area (Å²) in [5.41, 5.74) is -0.248. The number of ether oxygens (including phenoxy) is 2. The van der Waals surface area contributed by atoms with E-state index in [9.17, 15) is 18.7 Å². The second kappa shape index (κ2) is 3.85. The molecule has 92 valence electrons. The fraction of sp³-hybridized carbons (Fsp3) is 0.300. The van der Waals surface area contributed by atoms with E-state index in [1.165, 1.54) is 6.07 Å². The molecule has 1 aromatic carbocycles. The normalized spacial score (nSPS) is 15.7. The van der Waals surface area contributed by atoms with E-state index in [1.54, 1.807) is 0 Å². The van der Waals surface area contributed by atoms with Crippen LogP contribution in [0.2, 0.25) is 0 Å². The SMILES string of the molecule is O=C(O)C(F)(F)C(O)c1ccc2c(c1)OCO2. The van der Waals surface area contributed by atoms with Crippen molar-refractivity contribution in [1.29, 1.82) is 0 Å². The molecule has 1 atom stereocenters. The molecule has 0 spiro atoms. The number of carboxylic acids is 1. The lowest BCUT2D eigenvalue weighted by Crippen LogP contribution is -2.35. The van der Waals surface area contributed by atoms with Gasteiger partial charge in [0.2, 0.25) is 6.79 Å². The first-order chi connectivity index (χ1) is 7.93. The summed E-state index contributed by atoms with van der Waals surface area (Å²) in [5, 5.41) is 17.6. The summed E-state index contributed by atoms with van der Waals surface area (Å²) in [7, 11) is 0. The highest BCUT2D eigenvalue weighted by molar-refractivity contribution is 5.76. The third-order valence-corrected chi connectivity index (χ3v) is 2.34. The molecule has 0 amide bonds. The fourth-order valence-corrected chi connectivity index (χ4v) is 1.41. The second-order valence-corrected chi connectivity index (χ2v) is 3.44. The molecule has 1 heterocycles. The molecular formula is C10H8F2O5. The van der Waals surface area contributed by atoms with Gasteiger partial charge in [-0.3, -0.25) is 0 Å². The van der Waals surface area contributed by atoms with Crippen LogP contribution < -0.4 is 9.47 Å². The minimum atomic E-state index is -4.26. The van der Waals surface area contributed by atoms with E-state index in [1.807, 2.05) is 0 Å². The number of aliphatic hydroxyl groups is 1. The number of halogens is 2. The van der Waals surface area contributed by atoms with Crippen LogP contribution in [0.4, 0.5) is 8.78 Å². The maximum atomic E-state index is 13.1. The number of alkyl halides is 2. The Morgan fingerprint density at radius 2 is 2.00 bits per heavy atom. The van der Waals surface area contributed by atoms with Crippen molar-refractivity contribution in [2.45, 2.75) is 12.0 Å². The van der Waals surface area contributed by atoms with Gasteiger partial charge < -0.3 is 19.7 Å². The van der Waals surface area contributed by atoms with Crippen LogP contribution in [0, 0.1) is 0 Å². The first-order valence-electron chi connectivity index (χ1n) is 4.61. The fourth-order valence-electron chi connectivity index (χ4n) is 1.41. The lowest BCUT2D eigenvalue weighted by molar-refractivity contribution is -0.182. The number of hydrogen-bond acceptors (Lipinski definition) is 4. The Morgan fingerprint density at radius 1 is 1.35 bits per heavy atom. The topological polar surface area (TPSA) is 76.0 Å². The molecule has 1 aromatic rings. The maximum absolute atomic E-state index is 13.1. The van der Waals surface area contributed by atoms with Crippen LogP contribution in [-0.4, -0.2) is 28.9 Å². The minimum Gasteiger partial charge on any atom is -0.477 e. The number of carbonyl (C=O) groups is 1. The maximum Gasteiger partial charge on any atom is 0.377 e. The Hall–Kier alpha value is -1.89. The Bertz CT molecular complexity index is 460. The van der Waals surface area contributed by atoms with Gasteiger partial charge in [0, 0.05) is 0 Å². The summed E-state index contributed by atoms with van der Waals surface area (Å²) in [6.45, 7) is -0.0375. The van der Waals surface area contributed by atoms with Crippen molar-refractivity contribution in [3.63, 3.8) is 0 Å². The molecule has 5 nitrogen and oxygen atoms in total. The van der Waals surface area contributed by atoms with Crippen LogP contribution in [0.3, 0.4) is 0 Å². The van der Waals surface area contributed by atoms with Crippen LogP contribution in [-0.2, 0) is 4.79 Å². The highest BCUT2D eigenvalue weighted by Crippen LogP contribution is 2.38. The average molecular weight is 246 g/mol. The zero-order valence-corrected chi connectivity index (χ0v) is 8.39. The number of hydrogen-bond donors (Lipinski definition) is 2. The van der Waals surface area contributed by atoms with Gasteiger partial charge in [-0.15, -0.1) is 0 Å². The van der Waals surface area contributed by atoms with E-state index in [-0.39, 0.29) is 18.1 Å². The lowest BCUT2D eigenvalue weighted by atomic mass is 10.0. The number of carboxylic acid groups (broad SMARTS) is 1. The number of aliphatic carboxylic acids is 1. The van der Waals surface area contributed by atoms with E-state index < -0.39 is 18.0 Å². The summed E-state index contributed by atoms with van der Waals surface area (Å²) in [4.78, 5) is 10.3. The third-order valence-electron chi connectivity index (χ3n) is 2.34. The lowest BCUT2D eigenvalue weighted by Gasteiger charge is -2.18. The summed E-state index contributed by atoms with van der Waals surface area (Å²) in [5.74, 6) is -6.08. The molecule has 0 aromatic heterocycles. The van der Waals surface area contributed by atoms with Crippen molar-refractivity contribution in [3.05, 3.63) is 23.8 Å². The minimum absolute atomic E-state index is 0.0375. The first kappa shape index (κ1) is 11.6. The Kier molecular flexibility index (Phi) is 2.62. The molecule has 1 unspecified atom stereocenters. The zero-order chi connectivity index (χ0) is 12.6. The predicted molar refractivity (Wildman–Crippen MR) is 50.1 cm³/mol. The summed E-state index contributed by atoms with van der Waals surface area (Å²) in [6.07, 6.45) is -2.44. The van der Waals surface area contributed by atoms with Gasteiger partial charge in [-0.2, -0.15) is 8.78 Å². The van der Waals surface area contributed by atoms with Crippen LogP contribution in [0.1, 0.15) is 11.7 Å². The molecular weight excluding hydrogens is 238 g/mol. The molecule has 7 heteroatoms. The van der Waals surface area contributed by atoms with Crippen molar-refractivity contribution in [1.82, 2.24) is 0 Å². The van der Waals surface area contributed by atoms with E-state index in [4.69, 9.17) is 14.6 Å². The van der Waals surface area contributed by atoms with Crippen LogP contribution >= 0.6 is 0 Å². The highest BCUT2D eigenvalue weighted by Gasteiger charge is 2.48. The molecule has 0 saturated carbocycles. The summed E-state index contributed by atoms with van der Waals surface area (Å²) >= 11 is 0. The largest absolute Gasteiger partial charge is 0.477 e. The van der Waals surface area contributed by atoms with E-state index >= 15 is 0 Å². The molecule has 0 bridgehead atoms. The van der Waals surface area contributed by atoms with Gasteiger partial charge in [0.1, 0.15) is 0 Å². The highest BCUT2D eigenvalue weighted by atomic mass is 19.3. The number of benzene rings is 1. The molecule has 0 aliphatic carbocycles. The summed E-state index contributed by atoms with van der Waals surface area (Å²) in [6, 6.07) is 3.62. The standard InChI is InChI=1S/C10H8F2O5/c11-10(12,9(14)15)8(13)5-1-2-6-7(3-5)17-4-16-6/h1-3,8,13H,4H2,(H,14,15). The van der Waals surface area contributed by atoms with Gasteiger partial charge in [-0.1, -0.05) is 6.07 Å². The molecule has 2 N–H and O–H groups in total. The van der Waals surface area contributed by atoms with Crippen molar-refractivity contribution in [2.75, 3.05) is 6.79 Å². The Morgan fingerprint density at radius 3 is 2.65 bits per heavy atom. The second-order valence-electron chi connectivity index (χ2n) is 3.44. The van der Waals surface area contributed by atoms with Crippen molar-refractivity contribution < 1.29 is 33.3 Å². The molecule has 1 aliphatic rings. The van der Waals surface area contributed by atoms with Gasteiger partial charge >= 0.3 is 11.9 Å². The van der Waals surface area contributed by atoms with Crippen LogP contribution in [0.25, 0.3) is 0 Å². The van der Waals surface area contributed by atoms with Crippen LogP contribution in [0.5, 0.6) is 11.5 Å². The van der Waals surface area contributed by atoms with Crippen molar-refractivity contribution in [3.8, 4) is 11.5 Å². The van der Waals surface area contributed by atoms with Gasteiger partial charge in [-0.25, -0.2) is 4.79 Å². The smallest absolute Gasteiger partial charge is 0.377 e. The van der Waals surface area contributed by atoms with Crippen molar-refractivity contribution >= 4 is 5.97 Å². The van der Waals surface area contributed by atoms with Gasteiger partial charge in [0.05, 0.1) is 0 Å². The van der Waals surface area contributed by atoms with Crippen LogP contribution in [0.15, 0.2) is 18.2 Å². The van der Waals surface area contributed by atoms with Gasteiger partial charge in [0.25, 0.3) is 0 Å². The Labute approximate surface area is 94.2 Å². The van der Waals surface area contributed by atoms with Gasteiger partial charge in [0.15, 0.2) is 17.6 Å². The van der Waals surface area contributed by atoms with Gasteiger partial charge in [-0.05, 0) is 17.7 Å². The van der Waals surface area contributed by atoms with Crippen molar-refractivity contribution in [2.24, 2.45) is 0 Å². The molecule has 1 aliphatic heterocycles. The monoisotopic (exact) mass is 246 g/mol. The zero-order valence-electron chi connectivity index (χ0n) is 8.39. The molecule has 0 saturated heterocycles. The average Bonchev–Trinajstić information content (AvgIpc) is 2.74. The number of rotatable bonds is 3. The quantitative estimate of drug-likeness (QED) is 0.837. The Balaban J connectivity index is 2.32. The molecule has 2 rings (SSSR count). The summed E-state index contributed by atoms with van der Waals surface area (Å²) < 4.78 is 36.0. The molecule has 0 radical (unpaired) electrons.